The van der Waals surface area contributed by atoms with Crippen molar-refractivity contribution in [1.29, 1.82) is 0 Å². The van der Waals surface area contributed by atoms with E-state index in [0.717, 1.165) is 31.6 Å². The van der Waals surface area contributed by atoms with Crippen molar-refractivity contribution in [1.82, 2.24) is 15.1 Å². The lowest BCUT2D eigenvalue weighted by molar-refractivity contribution is 0.0717. The van der Waals surface area contributed by atoms with Crippen molar-refractivity contribution in [3.8, 4) is 0 Å². The number of likely N-dealkylation sites (tertiary alicyclic amines) is 1. The minimum absolute atomic E-state index is 0.0571. The van der Waals surface area contributed by atoms with Crippen molar-refractivity contribution in [2.45, 2.75) is 19.3 Å². The Kier molecular flexibility index (Phi) is 4.98. The molecule has 1 fully saturated rings. The molecule has 1 aromatic carbocycles. The Morgan fingerprint density at radius 1 is 1.00 bits per heavy atom. The monoisotopic (exact) mass is 350 g/mol. The predicted molar refractivity (Wildman–Crippen MR) is 91.5 cm³/mol. The van der Waals surface area contributed by atoms with E-state index < -0.39 is 0 Å². The second-order valence-electron chi connectivity index (χ2n) is 5.41. The van der Waals surface area contributed by atoms with Gasteiger partial charge in [0.15, 0.2) is 11.5 Å². The Hall–Kier alpha value is -1.85. The van der Waals surface area contributed by atoms with E-state index in [1.165, 1.54) is 6.42 Å². The molecular formula is C16H16Cl2N4O. The molecule has 2 heterocycles. The van der Waals surface area contributed by atoms with E-state index in [2.05, 4.69) is 15.5 Å². The van der Waals surface area contributed by atoms with Gasteiger partial charge in [0.25, 0.3) is 5.91 Å². The van der Waals surface area contributed by atoms with Crippen LogP contribution in [0.25, 0.3) is 0 Å². The Morgan fingerprint density at radius 2 is 1.78 bits per heavy atom. The predicted octanol–water partition coefficient (Wildman–Crippen LogP) is 4.15. The van der Waals surface area contributed by atoms with Gasteiger partial charge in [-0.2, -0.15) is 0 Å². The van der Waals surface area contributed by atoms with Gasteiger partial charge in [-0.05, 0) is 49.6 Å². The maximum absolute atomic E-state index is 12.3. The molecule has 1 aromatic heterocycles. The molecule has 23 heavy (non-hydrogen) atoms. The SMILES string of the molecule is O=C(c1ccc(Nc2ccc(Cl)c(Cl)c2)nn1)N1CCCCC1. The fraction of sp³-hybridized carbons (Fsp3) is 0.312. The van der Waals surface area contributed by atoms with Crippen LogP contribution in [0.1, 0.15) is 29.8 Å². The van der Waals surface area contributed by atoms with E-state index in [0.29, 0.717) is 21.6 Å². The molecule has 0 radical (unpaired) electrons. The molecule has 1 aliphatic heterocycles. The van der Waals surface area contributed by atoms with E-state index in [9.17, 15) is 4.79 Å². The van der Waals surface area contributed by atoms with Crippen molar-refractivity contribution in [2.24, 2.45) is 0 Å². The molecule has 0 spiro atoms. The first-order valence-electron chi connectivity index (χ1n) is 7.48. The summed E-state index contributed by atoms with van der Waals surface area (Å²) in [4.78, 5) is 14.2. The molecule has 7 heteroatoms. The first-order chi connectivity index (χ1) is 11.1. The van der Waals surface area contributed by atoms with Crippen molar-refractivity contribution >= 4 is 40.6 Å². The fourth-order valence-electron chi connectivity index (χ4n) is 2.49. The summed E-state index contributed by atoms with van der Waals surface area (Å²) in [6.07, 6.45) is 3.29. The van der Waals surface area contributed by atoms with Gasteiger partial charge in [-0.3, -0.25) is 4.79 Å². The number of rotatable bonds is 3. The molecule has 0 bridgehead atoms. The number of hydrogen-bond donors (Lipinski definition) is 1. The van der Waals surface area contributed by atoms with E-state index in [-0.39, 0.29) is 5.91 Å². The van der Waals surface area contributed by atoms with Crippen molar-refractivity contribution in [2.75, 3.05) is 18.4 Å². The maximum atomic E-state index is 12.3. The van der Waals surface area contributed by atoms with Crippen LogP contribution in [0.15, 0.2) is 30.3 Å². The van der Waals surface area contributed by atoms with Crippen LogP contribution in [-0.2, 0) is 0 Å². The third-order valence-corrected chi connectivity index (χ3v) is 4.46. The second kappa shape index (κ2) is 7.15. The van der Waals surface area contributed by atoms with Gasteiger partial charge in [0.05, 0.1) is 10.0 Å². The van der Waals surface area contributed by atoms with Gasteiger partial charge < -0.3 is 10.2 Å². The maximum Gasteiger partial charge on any atom is 0.274 e. The fourth-order valence-corrected chi connectivity index (χ4v) is 2.79. The molecule has 120 valence electrons. The lowest BCUT2D eigenvalue weighted by Gasteiger charge is -2.26. The number of carbonyl (C=O) groups excluding carboxylic acids is 1. The van der Waals surface area contributed by atoms with E-state index in [1.807, 2.05) is 4.90 Å². The van der Waals surface area contributed by atoms with Gasteiger partial charge in [-0.15, -0.1) is 10.2 Å². The zero-order valence-corrected chi connectivity index (χ0v) is 13.9. The van der Waals surface area contributed by atoms with Crippen LogP contribution in [0, 0.1) is 0 Å². The van der Waals surface area contributed by atoms with Gasteiger partial charge in [-0.25, -0.2) is 0 Å². The topological polar surface area (TPSA) is 58.1 Å². The Morgan fingerprint density at radius 3 is 2.43 bits per heavy atom. The molecule has 1 amide bonds. The lowest BCUT2D eigenvalue weighted by Crippen LogP contribution is -2.36. The summed E-state index contributed by atoms with van der Waals surface area (Å²) in [5, 5.41) is 12.1. The van der Waals surface area contributed by atoms with Crippen LogP contribution >= 0.6 is 23.2 Å². The number of amides is 1. The average Bonchev–Trinajstić information content (AvgIpc) is 2.59. The van der Waals surface area contributed by atoms with Gasteiger partial charge in [0.1, 0.15) is 0 Å². The molecule has 1 N–H and O–H groups in total. The standard InChI is InChI=1S/C16H16Cl2N4O/c17-12-5-4-11(10-13(12)18)19-15-7-6-14(20-21-15)16(23)22-8-2-1-3-9-22/h4-7,10H,1-3,8-9H2,(H,19,21). The van der Waals surface area contributed by atoms with Gasteiger partial charge in [0, 0.05) is 18.8 Å². The zero-order chi connectivity index (χ0) is 16.2. The number of carbonyl (C=O) groups is 1. The Bertz CT molecular complexity index is 700. The third kappa shape index (κ3) is 3.92. The number of nitrogens with one attached hydrogen (secondary N) is 1. The van der Waals surface area contributed by atoms with Crippen molar-refractivity contribution in [3.05, 3.63) is 46.1 Å². The second-order valence-corrected chi connectivity index (χ2v) is 6.22. The van der Waals surface area contributed by atoms with Gasteiger partial charge >= 0.3 is 0 Å². The quantitative estimate of drug-likeness (QED) is 0.902. The number of aromatic nitrogens is 2. The summed E-state index contributed by atoms with van der Waals surface area (Å²) in [5.41, 5.74) is 1.12. The summed E-state index contributed by atoms with van der Waals surface area (Å²) in [5.74, 6) is 0.483. The highest BCUT2D eigenvalue weighted by molar-refractivity contribution is 6.42. The molecular weight excluding hydrogens is 335 g/mol. The average molecular weight is 351 g/mol. The number of benzene rings is 1. The normalized spacial score (nSPS) is 14.6. The minimum atomic E-state index is -0.0571. The highest BCUT2D eigenvalue weighted by Gasteiger charge is 2.19. The third-order valence-electron chi connectivity index (χ3n) is 3.72. The van der Waals surface area contributed by atoms with Crippen LogP contribution in [0.4, 0.5) is 11.5 Å². The largest absolute Gasteiger partial charge is 0.339 e. The smallest absolute Gasteiger partial charge is 0.274 e. The molecule has 1 aliphatic rings. The molecule has 3 rings (SSSR count). The lowest BCUT2D eigenvalue weighted by atomic mass is 10.1. The summed E-state index contributed by atoms with van der Waals surface area (Å²) in [7, 11) is 0. The molecule has 1 saturated heterocycles. The number of nitrogens with zero attached hydrogens (tertiary/aromatic N) is 3. The summed E-state index contributed by atoms with van der Waals surface area (Å²) >= 11 is 11.9. The molecule has 2 aromatic rings. The molecule has 5 nitrogen and oxygen atoms in total. The summed E-state index contributed by atoms with van der Waals surface area (Å²) in [6, 6.07) is 8.62. The van der Waals surface area contributed by atoms with Crippen LogP contribution in [-0.4, -0.2) is 34.1 Å². The first kappa shape index (κ1) is 16.0. The Labute approximate surface area is 144 Å². The van der Waals surface area contributed by atoms with Crippen LogP contribution in [0.3, 0.4) is 0 Å². The molecule has 0 atom stereocenters. The first-order valence-corrected chi connectivity index (χ1v) is 8.24. The summed E-state index contributed by atoms with van der Waals surface area (Å²) in [6.45, 7) is 1.59. The Balaban J connectivity index is 1.68. The van der Waals surface area contributed by atoms with E-state index in [1.54, 1.807) is 30.3 Å². The number of halogens is 2. The highest BCUT2D eigenvalue weighted by Crippen LogP contribution is 2.26. The van der Waals surface area contributed by atoms with Crippen LogP contribution < -0.4 is 5.32 Å². The van der Waals surface area contributed by atoms with Crippen LogP contribution in [0.5, 0.6) is 0 Å². The van der Waals surface area contributed by atoms with Crippen molar-refractivity contribution < 1.29 is 4.79 Å². The molecule has 0 unspecified atom stereocenters. The van der Waals surface area contributed by atoms with E-state index >= 15 is 0 Å². The summed E-state index contributed by atoms with van der Waals surface area (Å²) < 4.78 is 0. The minimum Gasteiger partial charge on any atom is -0.339 e. The molecule has 0 aliphatic carbocycles. The highest BCUT2D eigenvalue weighted by atomic mass is 35.5. The van der Waals surface area contributed by atoms with Gasteiger partial charge in [0.2, 0.25) is 0 Å². The van der Waals surface area contributed by atoms with Crippen LogP contribution in [0.2, 0.25) is 10.0 Å². The molecule has 0 saturated carbocycles. The van der Waals surface area contributed by atoms with Crippen molar-refractivity contribution in [3.63, 3.8) is 0 Å². The zero-order valence-electron chi connectivity index (χ0n) is 12.4. The van der Waals surface area contributed by atoms with Gasteiger partial charge in [-0.1, -0.05) is 23.2 Å². The number of anilines is 2. The number of hydrogen-bond acceptors (Lipinski definition) is 4. The van der Waals surface area contributed by atoms with E-state index in [4.69, 9.17) is 23.2 Å². The number of piperidine rings is 1.